The first-order chi connectivity index (χ1) is 7.28. The van der Waals surface area contributed by atoms with Gasteiger partial charge in [-0.05, 0) is 13.3 Å². The van der Waals surface area contributed by atoms with Gasteiger partial charge in [-0.15, -0.1) is 0 Å². The van der Waals surface area contributed by atoms with E-state index in [1.54, 1.807) is 6.92 Å². The second-order valence-electron chi connectivity index (χ2n) is 3.96. The van der Waals surface area contributed by atoms with Gasteiger partial charge in [-0.3, -0.25) is 4.79 Å². The number of carboxylic acid groups (broad SMARTS) is 1. The Hall–Kier alpha value is -0.750. The van der Waals surface area contributed by atoms with E-state index >= 15 is 0 Å². The minimum absolute atomic E-state index is 0.255. The Bertz CT molecular complexity index is 255. The Kier molecular flexibility index (Phi) is 6.43. The fourth-order valence-corrected chi connectivity index (χ4v) is 2.14. The number of rotatable bonds is 7. The molecule has 0 aromatic carbocycles. The Labute approximate surface area is 99.6 Å². The molecule has 0 aliphatic rings. The van der Waals surface area contributed by atoms with Crippen LogP contribution in [0, 0.1) is 0 Å². The standard InChI is InChI=1S/C10H19NO4S/c1-4-10(3,15)6-16-5-8(9(13)14)11-7(2)12/h8,15H,4-6H2,1-3H3,(H,11,12)(H,13,14). The number of nitrogens with one attached hydrogen (secondary N) is 1. The van der Waals surface area contributed by atoms with Crippen molar-refractivity contribution in [2.45, 2.75) is 38.8 Å². The van der Waals surface area contributed by atoms with E-state index in [2.05, 4.69) is 5.32 Å². The molecule has 0 rings (SSSR count). The highest BCUT2D eigenvalue weighted by molar-refractivity contribution is 7.99. The lowest BCUT2D eigenvalue weighted by molar-refractivity contribution is -0.140. The number of hydrogen-bond donors (Lipinski definition) is 3. The maximum Gasteiger partial charge on any atom is 0.327 e. The smallest absolute Gasteiger partial charge is 0.327 e. The van der Waals surface area contributed by atoms with Gasteiger partial charge >= 0.3 is 5.97 Å². The van der Waals surface area contributed by atoms with E-state index in [0.29, 0.717) is 12.2 Å². The summed E-state index contributed by atoms with van der Waals surface area (Å²) in [5.74, 6) is -0.716. The first-order valence-electron chi connectivity index (χ1n) is 5.08. The Balaban J connectivity index is 4.04. The van der Waals surface area contributed by atoms with Crippen LogP contribution in [0.2, 0.25) is 0 Å². The van der Waals surface area contributed by atoms with Gasteiger partial charge < -0.3 is 15.5 Å². The minimum Gasteiger partial charge on any atom is -0.480 e. The zero-order valence-electron chi connectivity index (χ0n) is 9.82. The summed E-state index contributed by atoms with van der Waals surface area (Å²) in [5.41, 5.74) is -0.788. The lowest BCUT2D eigenvalue weighted by atomic mass is 10.1. The monoisotopic (exact) mass is 249 g/mol. The summed E-state index contributed by atoms with van der Waals surface area (Å²) in [7, 11) is 0. The summed E-state index contributed by atoms with van der Waals surface area (Å²) < 4.78 is 0. The number of thioether (sulfide) groups is 1. The molecule has 0 aliphatic heterocycles. The summed E-state index contributed by atoms with van der Waals surface area (Å²) in [6.07, 6.45) is 0.609. The van der Waals surface area contributed by atoms with E-state index in [9.17, 15) is 14.7 Å². The Morgan fingerprint density at radius 1 is 1.50 bits per heavy atom. The number of hydrogen-bond acceptors (Lipinski definition) is 4. The highest BCUT2D eigenvalue weighted by atomic mass is 32.2. The predicted molar refractivity (Wildman–Crippen MR) is 63.5 cm³/mol. The van der Waals surface area contributed by atoms with Gasteiger partial charge in [0.25, 0.3) is 0 Å². The van der Waals surface area contributed by atoms with Gasteiger partial charge in [-0.25, -0.2) is 4.79 Å². The molecule has 5 nitrogen and oxygen atoms in total. The molecule has 0 spiro atoms. The van der Waals surface area contributed by atoms with Crippen LogP contribution in [0.25, 0.3) is 0 Å². The molecule has 1 amide bonds. The number of carboxylic acids is 1. The first-order valence-corrected chi connectivity index (χ1v) is 6.24. The Morgan fingerprint density at radius 3 is 2.44 bits per heavy atom. The molecular formula is C10H19NO4S. The van der Waals surface area contributed by atoms with Crippen molar-refractivity contribution in [3.63, 3.8) is 0 Å². The van der Waals surface area contributed by atoms with E-state index < -0.39 is 17.6 Å². The van der Waals surface area contributed by atoms with Gasteiger partial charge in [0.2, 0.25) is 5.91 Å². The van der Waals surface area contributed by atoms with E-state index in [0.717, 1.165) is 0 Å². The molecule has 0 saturated carbocycles. The molecule has 0 aromatic heterocycles. The molecule has 0 heterocycles. The summed E-state index contributed by atoms with van der Waals surface area (Å²) in [5, 5.41) is 20.9. The maximum atomic E-state index is 10.8. The van der Waals surface area contributed by atoms with Gasteiger partial charge in [0.05, 0.1) is 5.60 Å². The minimum atomic E-state index is -1.06. The summed E-state index contributed by atoms with van der Waals surface area (Å²) >= 11 is 1.32. The lowest BCUT2D eigenvalue weighted by Crippen LogP contribution is -2.42. The van der Waals surface area contributed by atoms with Crippen molar-refractivity contribution >= 4 is 23.6 Å². The first kappa shape index (κ1) is 15.2. The van der Waals surface area contributed by atoms with Crippen LogP contribution in [-0.4, -0.2) is 45.2 Å². The number of amides is 1. The van der Waals surface area contributed by atoms with Crippen LogP contribution in [0.5, 0.6) is 0 Å². The second kappa shape index (κ2) is 6.75. The van der Waals surface area contributed by atoms with Crippen molar-refractivity contribution in [2.24, 2.45) is 0 Å². The summed E-state index contributed by atoms with van der Waals surface area (Å²) in [6, 6.07) is -0.893. The van der Waals surface area contributed by atoms with Crippen LogP contribution in [0.4, 0.5) is 0 Å². The zero-order valence-corrected chi connectivity index (χ0v) is 10.6. The zero-order chi connectivity index (χ0) is 12.8. The third-order valence-electron chi connectivity index (χ3n) is 2.13. The van der Waals surface area contributed by atoms with Gasteiger partial charge in [0.15, 0.2) is 0 Å². The van der Waals surface area contributed by atoms with Gasteiger partial charge in [-0.2, -0.15) is 11.8 Å². The van der Waals surface area contributed by atoms with Crippen LogP contribution in [-0.2, 0) is 9.59 Å². The normalized spacial score (nSPS) is 16.2. The van der Waals surface area contributed by atoms with Crippen LogP contribution < -0.4 is 5.32 Å². The quantitative estimate of drug-likeness (QED) is 0.610. The van der Waals surface area contributed by atoms with Crippen molar-refractivity contribution in [3.05, 3.63) is 0 Å². The van der Waals surface area contributed by atoms with Crippen LogP contribution in [0.15, 0.2) is 0 Å². The fourth-order valence-electron chi connectivity index (χ4n) is 0.919. The molecule has 2 unspecified atom stereocenters. The second-order valence-corrected chi connectivity index (χ2v) is 4.99. The number of carbonyl (C=O) groups excluding carboxylic acids is 1. The van der Waals surface area contributed by atoms with E-state index in [4.69, 9.17) is 5.11 Å². The third kappa shape index (κ3) is 6.68. The molecule has 0 fully saturated rings. The fraction of sp³-hybridized carbons (Fsp3) is 0.800. The molecule has 3 N–H and O–H groups in total. The van der Waals surface area contributed by atoms with Crippen LogP contribution in [0.3, 0.4) is 0 Å². The van der Waals surface area contributed by atoms with E-state index in [-0.39, 0.29) is 11.7 Å². The summed E-state index contributed by atoms with van der Waals surface area (Å²) in [4.78, 5) is 21.5. The molecular weight excluding hydrogens is 230 g/mol. The molecule has 0 aromatic rings. The topological polar surface area (TPSA) is 86.6 Å². The van der Waals surface area contributed by atoms with Crippen molar-refractivity contribution in [1.29, 1.82) is 0 Å². The maximum absolute atomic E-state index is 10.8. The van der Waals surface area contributed by atoms with Crippen molar-refractivity contribution in [2.75, 3.05) is 11.5 Å². The molecule has 2 atom stereocenters. The highest BCUT2D eigenvalue weighted by Gasteiger charge is 2.22. The number of aliphatic carboxylic acids is 1. The highest BCUT2D eigenvalue weighted by Crippen LogP contribution is 2.17. The van der Waals surface area contributed by atoms with Crippen molar-refractivity contribution < 1.29 is 19.8 Å². The number of aliphatic hydroxyl groups is 1. The van der Waals surface area contributed by atoms with Crippen molar-refractivity contribution in [1.82, 2.24) is 5.32 Å². The molecule has 0 radical (unpaired) electrons. The van der Waals surface area contributed by atoms with E-state index in [1.165, 1.54) is 18.7 Å². The molecule has 0 saturated heterocycles. The molecule has 94 valence electrons. The van der Waals surface area contributed by atoms with Crippen LogP contribution >= 0.6 is 11.8 Å². The van der Waals surface area contributed by atoms with Crippen molar-refractivity contribution in [3.8, 4) is 0 Å². The Morgan fingerprint density at radius 2 is 2.06 bits per heavy atom. The summed E-state index contributed by atoms with van der Waals surface area (Å²) in [6.45, 7) is 4.85. The molecule has 0 aliphatic carbocycles. The van der Waals surface area contributed by atoms with Gasteiger partial charge in [-0.1, -0.05) is 6.92 Å². The third-order valence-corrected chi connectivity index (χ3v) is 3.53. The van der Waals surface area contributed by atoms with Crippen LogP contribution in [0.1, 0.15) is 27.2 Å². The largest absolute Gasteiger partial charge is 0.480 e. The molecule has 6 heteroatoms. The predicted octanol–water partition coefficient (Wildman–Crippen LogP) is 0.470. The van der Waals surface area contributed by atoms with E-state index in [1.807, 2.05) is 6.92 Å². The average molecular weight is 249 g/mol. The SMILES string of the molecule is CCC(C)(O)CSCC(NC(C)=O)C(=O)O. The lowest BCUT2D eigenvalue weighted by Gasteiger charge is -2.21. The molecule has 16 heavy (non-hydrogen) atoms. The average Bonchev–Trinajstić information content (AvgIpc) is 2.15. The molecule has 0 bridgehead atoms. The van der Waals surface area contributed by atoms with Gasteiger partial charge in [0.1, 0.15) is 6.04 Å². The van der Waals surface area contributed by atoms with Gasteiger partial charge in [0, 0.05) is 18.4 Å². The number of carbonyl (C=O) groups is 2.